The van der Waals surface area contributed by atoms with E-state index in [1.165, 1.54) is 54.6 Å². The van der Waals surface area contributed by atoms with Gasteiger partial charge in [0.1, 0.15) is 11.2 Å². The monoisotopic (exact) mass is 667 g/mol. The highest BCUT2D eigenvalue weighted by molar-refractivity contribution is 7.39. The van der Waals surface area contributed by atoms with Crippen LogP contribution in [-0.2, 0) is 0 Å². The molecule has 50 heavy (non-hydrogen) atoms. The van der Waals surface area contributed by atoms with Gasteiger partial charge in [-0.1, -0.05) is 139 Å². The van der Waals surface area contributed by atoms with Gasteiger partial charge in [0.05, 0.1) is 6.04 Å². The minimum absolute atomic E-state index is 0.0723. The molecule has 9 rings (SSSR count). The van der Waals surface area contributed by atoms with Crippen LogP contribution in [0.5, 0.6) is 0 Å². The van der Waals surface area contributed by atoms with Crippen LogP contribution in [0, 0.1) is 13.8 Å². The second kappa shape index (κ2) is 12.2. The first kappa shape index (κ1) is 30.7. The van der Waals surface area contributed by atoms with Gasteiger partial charge in [-0.15, -0.1) is 0 Å². The topological polar surface area (TPSA) is 29.5 Å². The standard InChI is InChI=1S/C46H38NO2P/c1-29(2)47(46(35-26-30(3)25-31(4)27-35)41-28-34-15-7-8-16-36(34)39-19-11-12-20-40(39)41)50-48-42-23-21-32-13-5-9-17-37(32)44(42)45-38-18-10-6-14-33(38)22-24-43(45)49-50/h5-29,46H,1-4H3/t46-/m0/s1. The molecular formula is C46H38NO2P. The van der Waals surface area contributed by atoms with E-state index in [0.717, 1.165) is 32.7 Å². The summed E-state index contributed by atoms with van der Waals surface area (Å²) in [5.74, 6) is 0. The molecule has 0 saturated heterocycles. The van der Waals surface area contributed by atoms with Crippen molar-refractivity contribution in [3.05, 3.63) is 168 Å². The Hall–Kier alpha value is -5.34. The molecular weight excluding hydrogens is 629 g/mol. The highest BCUT2D eigenvalue weighted by Gasteiger charge is 2.32. The van der Waals surface area contributed by atoms with Crippen molar-refractivity contribution in [2.75, 3.05) is 4.67 Å². The van der Waals surface area contributed by atoms with E-state index in [1.54, 1.807) is 0 Å². The number of hydrogen-bond donors (Lipinski definition) is 0. The van der Waals surface area contributed by atoms with E-state index in [2.05, 4.69) is 178 Å². The van der Waals surface area contributed by atoms with Crippen molar-refractivity contribution in [2.45, 2.75) is 39.8 Å². The minimum Gasteiger partial charge on any atom is -0.408 e. The van der Waals surface area contributed by atoms with E-state index in [1.807, 2.05) is 0 Å². The summed E-state index contributed by atoms with van der Waals surface area (Å²) in [5, 5.41) is 11.8. The fourth-order valence-corrected chi connectivity index (χ4v) is 9.68. The van der Waals surface area contributed by atoms with E-state index in [-0.39, 0.29) is 12.1 Å². The van der Waals surface area contributed by atoms with Crippen LogP contribution in [0.2, 0.25) is 0 Å². The van der Waals surface area contributed by atoms with Gasteiger partial charge in [-0.05, 0) is 100 Å². The zero-order valence-electron chi connectivity index (χ0n) is 28.7. The molecule has 244 valence electrons. The molecule has 8 aromatic carbocycles. The van der Waals surface area contributed by atoms with Crippen LogP contribution in [0.4, 0.5) is 0 Å². The molecule has 1 heterocycles. The summed E-state index contributed by atoms with van der Waals surface area (Å²) in [6, 6.07) is 52.6. The lowest BCUT2D eigenvalue weighted by molar-refractivity contribution is 0.577. The maximum Gasteiger partial charge on any atom is 0.310 e. The SMILES string of the molecule is Cc1cc(C)cc([C@@H](c2cc3ccccc3c3ccccc23)N(C(C)C)p2oc3ccc4ccccc4c3c3c(ccc4ccccc43)o2)c1. The number of aryl methyl sites for hydroxylation is 2. The maximum absolute atomic E-state index is 7.27. The van der Waals surface area contributed by atoms with E-state index < -0.39 is 8.16 Å². The van der Waals surface area contributed by atoms with E-state index in [9.17, 15) is 0 Å². The smallest absolute Gasteiger partial charge is 0.310 e. The van der Waals surface area contributed by atoms with Crippen LogP contribution in [0.15, 0.2) is 154 Å². The van der Waals surface area contributed by atoms with Crippen molar-refractivity contribution in [3.8, 4) is 0 Å². The molecule has 4 heteroatoms. The van der Waals surface area contributed by atoms with Crippen LogP contribution in [-0.4, -0.2) is 6.04 Å². The summed E-state index contributed by atoms with van der Waals surface area (Å²) in [6.45, 7) is 8.92. The third kappa shape index (κ3) is 5.09. The highest BCUT2D eigenvalue weighted by Crippen LogP contribution is 2.48. The highest BCUT2D eigenvalue weighted by atomic mass is 31.1. The Morgan fingerprint density at radius 2 is 0.960 bits per heavy atom. The zero-order chi connectivity index (χ0) is 33.9. The molecule has 9 aromatic rings. The molecule has 0 bridgehead atoms. The van der Waals surface area contributed by atoms with Crippen LogP contribution in [0.3, 0.4) is 0 Å². The zero-order valence-corrected chi connectivity index (χ0v) is 29.6. The Bertz CT molecular complexity index is 2680. The number of rotatable bonds is 5. The Balaban J connectivity index is 1.43. The van der Waals surface area contributed by atoms with Crippen molar-refractivity contribution in [1.29, 1.82) is 0 Å². The van der Waals surface area contributed by atoms with Gasteiger partial charge in [0.15, 0.2) is 0 Å². The van der Waals surface area contributed by atoms with Crippen LogP contribution in [0.1, 0.15) is 42.1 Å². The number of hydrogen-bond acceptors (Lipinski definition) is 3. The van der Waals surface area contributed by atoms with Crippen molar-refractivity contribution in [3.63, 3.8) is 0 Å². The number of fused-ring (bicyclic) bond motifs is 10. The molecule has 0 radical (unpaired) electrons. The molecule has 0 N–H and O–H groups in total. The van der Waals surface area contributed by atoms with Gasteiger partial charge >= 0.3 is 8.16 Å². The van der Waals surface area contributed by atoms with E-state index >= 15 is 0 Å². The first-order valence-corrected chi connectivity index (χ1v) is 18.5. The molecule has 0 aliphatic carbocycles. The van der Waals surface area contributed by atoms with Gasteiger partial charge in [0.25, 0.3) is 0 Å². The Morgan fingerprint density at radius 3 is 1.52 bits per heavy atom. The van der Waals surface area contributed by atoms with E-state index in [0.29, 0.717) is 0 Å². The second-order valence-electron chi connectivity index (χ2n) is 13.8. The third-order valence-corrected chi connectivity index (χ3v) is 11.8. The average Bonchev–Trinajstić information content (AvgIpc) is 3.30. The molecule has 0 aliphatic heterocycles. The fourth-order valence-electron chi connectivity index (χ4n) is 7.99. The summed E-state index contributed by atoms with van der Waals surface area (Å²) in [5.41, 5.74) is 6.64. The third-order valence-electron chi connectivity index (χ3n) is 10.0. The summed E-state index contributed by atoms with van der Waals surface area (Å²) in [6.07, 6.45) is 0. The molecule has 0 saturated carbocycles. The molecule has 0 unspecified atom stereocenters. The first-order chi connectivity index (χ1) is 24.4. The normalized spacial score (nSPS) is 12.7. The minimum atomic E-state index is -1.66. The van der Waals surface area contributed by atoms with Crippen molar-refractivity contribution >= 4 is 73.2 Å². The predicted molar refractivity (Wildman–Crippen MR) is 214 cm³/mol. The lowest BCUT2D eigenvalue weighted by atomic mass is 9.89. The molecule has 0 aliphatic rings. The Morgan fingerprint density at radius 1 is 0.480 bits per heavy atom. The summed E-state index contributed by atoms with van der Waals surface area (Å²) < 4.78 is 17.0. The largest absolute Gasteiger partial charge is 0.408 e. The second-order valence-corrected chi connectivity index (χ2v) is 15.1. The quantitative estimate of drug-likeness (QED) is 0.171. The van der Waals surface area contributed by atoms with Gasteiger partial charge in [0, 0.05) is 16.8 Å². The van der Waals surface area contributed by atoms with Gasteiger partial charge in [-0.3, -0.25) is 0 Å². The first-order valence-electron chi connectivity index (χ1n) is 17.4. The molecule has 0 fully saturated rings. The van der Waals surface area contributed by atoms with Gasteiger partial charge in [-0.25, -0.2) is 0 Å². The summed E-state index contributed by atoms with van der Waals surface area (Å²) in [7, 11) is -1.66. The lowest BCUT2D eigenvalue weighted by Crippen LogP contribution is -2.33. The molecule has 1 aromatic heterocycles. The number of benzene rings is 8. The molecule has 3 nitrogen and oxygen atoms in total. The Kier molecular flexibility index (Phi) is 7.50. The predicted octanol–water partition coefficient (Wildman–Crippen LogP) is 13.7. The summed E-state index contributed by atoms with van der Waals surface area (Å²) in [4.78, 5) is 0. The fraction of sp³-hybridized carbons (Fsp3) is 0.130. The van der Waals surface area contributed by atoms with Gasteiger partial charge < -0.3 is 8.39 Å². The van der Waals surface area contributed by atoms with Crippen LogP contribution in [0.25, 0.3) is 65.0 Å². The Labute approximate surface area is 293 Å². The maximum atomic E-state index is 7.27. The van der Waals surface area contributed by atoms with Crippen molar-refractivity contribution < 1.29 is 8.39 Å². The molecule has 0 spiro atoms. The molecule has 0 amide bonds. The molecule has 1 atom stereocenters. The van der Waals surface area contributed by atoms with Crippen molar-refractivity contribution in [2.24, 2.45) is 0 Å². The average molecular weight is 668 g/mol. The lowest BCUT2D eigenvalue weighted by Gasteiger charge is -2.33. The summed E-state index contributed by atoms with van der Waals surface area (Å²) >= 11 is 0. The van der Waals surface area contributed by atoms with E-state index in [4.69, 9.17) is 8.39 Å². The van der Waals surface area contributed by atoms with Crippen LogP contribution >= 0.6 is 8.16 Å². The van der Waals surface area contributed by atoms with Crippen molar-refractivity contribution in [1.82, 2.24) is 0 Å². The number of nitrogens with zero attached hydrogens (tertiary/aromatic N) is 1. The van der Waals surface area contributed by atoms with Gasteiger partial charge in [-0.2, -0.15) is 4.67 Å². The van der Waals surface area contributed by atoms with Crippen LogP contribution < -0.4 is 4.67 Å². The van der Waals surface area contributed by atoms with Gasteiger partial charge in [0.2, 0.25) is 0 Å².